The van der Waals surface area contributed by atoms with Gasteiger partial charge in [0.05, 0.1) is 13.2 Å². The van der Waals surface area contributed by atoms with E-state index in [-0.39, 0.29) is 72.3 Å². The minimum Gasteiger partial charge on any atom is -0.873 e. The normalized spacial score (nSPS) is 11.0. The van der Waals surface area contributed by atoms with E-state index in [9.17, 15) is 19.8 Å². The molecule has 0 unspecified atom stereocenters. The second kappa shape index (κ2) is 17.4. The molecule has 0 bridgehead atoms. The summed E-state index contributed by atoms with van der Waals surface area (Å²) in [5.74, 6) is -3.97. The molecule has 0 radical (unpaired) electrons. The van der Waals surface area contributed by atoms with E-state index in [1.807, 2.05) is 13.8 Å². The zero-order chi connectivity index (χ0) is 15.4. The minimum absolute atomic E-state index is 0. The van der Waals surface area contributed by atoms with Crippen LogP contribution in [-0.2, 0) is 19.1 Å². The molecule has 114 valence electrons. The maximum absolute atomic E-state index is 11.3. The maximum atomic E-state index is 11.3. The van der Waals surface area contributed by atoms with Crippen molar-refractivity contribution in [3.05, 3.63) is 23.7 Å². The van der Waals surface area contributed by atoms with Crippen molar-refractivity contribution in [2.75, 3.05) is 13.2 Å². The molecule has 8 heteroatoms. The molecule has 0 atom stereocenters. The van der Waals surface area contributed by atoms with Gasteiger partial charge in [-0.2, -0.15) is 0 Å². The summed E-state index contributed by atoms with van der Waals surface area (Å²) in [5, 5.41) is 22.6. The van der Waals surface area contributed by atoms with Crippen LogP contribution in [0.25, 0.3) is 0 Å². The van der Waals surface area contributed by atoms with Crippen LogP contribution < -0.4 is 69.3 Å². The van der Waals surface area contributed by atoms with E-state index in [1.54, 1.807) is 0 Å². The van der Waals surface area contributed by atoms with Gasteiger partial charge in [0.15, 0.2) is 0 Å². The Morgan fingerprint density at radius 1 is 0.818 bits per heavy atom. The first-order chi connectivity index (χ1) is 9.51. The largest absolute Gasteiger partial charge is 1.00 e. The van der Waals surface area contributed by atoms with E-state index >= 15 is 0 Å². The van der Waals surface area contributed by atoms with Crippen molar-refractivity contribution in [2.24, 2.45) is 0 Å². The summed E-state index contributed by atoms with van der Waals surface area (Å²) < 4.78 is 9.38. The number of ether oxygens (including phenoxy) is 2. The van der Waals surface area contributed by atoms with Crippen molar-refractivity contribution in [3.63, 3.8) is 0 Å². The number of hydrogen-bond donors (Lipinski definition) is 0. The van der Waals surface area contributed by atoms with Crippen molar-refractivity contribution < 1.29 is 88.4 Å². The van der Waals surface area contributed by atoms with Crippen LogP contribution in [-0.4, -0.2) is 25.2 Å². The zero-order valence-corrected chi connectivity index (χ0v) is 17.8. The Balaban J connectivity index is -0.00000180. The number of esters is 2. The van der Waals surface area contributed by atoms with Gasteiger partial charge in [-0.25, -0.2) is 9.59 Å². The molecule has 0 rings (SSSR count). The van der Waals surface area contributed by atoms with Crippen LogP contribution in [0, 0.1) is 0 Å². The monoisotopic (exact) mass is 330 g/mol. The molecule has 0 fully saturated rings. The number of hydrogen-bond acceptors (Lipinski definition) is 6. The Kier molecular flexibility index (Phi) is 21.2. The molecule has 0 aliphatic heterocycles. The van der Waals surface area contributed by atoms with E-state index in [0.717, 1.165) is 12.8 Å². The molecule has 0 aromatic heterocycles. The average molecular weight is 330 g/mol. The molecular formula is C14H20Na2O6. The molecule has 0 aromatic carbocycles. The van der Waals surface area contributed by atoms with Crippen LogP contribution >= 0.6 is 0 Å². The van der Waals surface area contributed by atoms with Gasteiger partial charge in [0.1, 0.15) is 0 Å². The molecule has 0 aromatic rings. The summed E-state index contributed by atoms with van der Waals surface area (Å²) in [4.78, 5) is 22.3. The third kappa shape index (κ3) is 14.9. The van der Waals surface area contributed by atoms with E-state index in [0.29, 0.717) is 25.0 Å². The van der Waals surface area contributed by atoms with Crippen molar-refractivity contribution in [1.82, 2.24) is 0 Å². The van der Waals surface area contributed by atoms with E-state index in [2.05, 4.69) is 0 Å². The third-order valence-corrected chi connectivity index (χ3v) is 2.23. The van der Waals surface area contributed by atoms with Gasteiger partial charge < -0.3 is 19.7 Å². The fourth-order valence-corrected chi connectivity index (χ4v) is 1.07. The summed E-state index contributed by atoms with van der Waals surface area (Å²) in [5.41, 5.74) is 0. The van der Waals surface area contributed by atoms with E-state index in [1.165, 1.54) is 0 Å². The number of carbonyl (C=O) groups excluding carboxylic acids is 2. The first kappa shape index (κ1) is 26.9. The van der Waals surface area contributed by atoms with Crippen LogP contribution in [0.2, 0.25) is 0 Å². The van der Waals surface area contributed by atoms with Crippen LogP contribution in [0.3, 0.4) is 0 Å². The summed E-state index contributed by atoms with van der Waals surface area (Å²) in [6.45, 7) is 4.23. The van der Waals surface area contributed by atoms with Gasteiger partial charge in [-0.1, -0.05) is 26.7 Å². The first-order valence-electron chi connectivity index (χ1n) is 6.62. The van der Waals surface area contributed by atoms with Crippen molar-refractivity contribution >= 4 is 11.9 Å². The van der Waals surface area contributed by atoms with Crippen molar-refractivity contribution in [1.29, 1.82) is 0 Å². The SMILES string of the molecule is CCCCOC(=O)C=C([O-])C([O-])=CC(=O)OCCCC.[Na+].[Na+]. The Bertz CT molecular complexity index is 344. The third-order valence-electron chi connectivity index (χ3n) is 2.23. The molecule has 0 aliphatic rings. The summed E-state index contributed by atoms with van der Waals surface area (Å²) >= 11 is 0. The maximum Gasteiger partial charge on any atom is 1.00 e. The summed E-state index contributed by atoms with van der Waals surface area (Å²) in [6, 6.07) is 0. The van der Waals surface area contributed by atoms with Gasteiger partial charge in [0, 0.05) is 12.2 Å². The Morgan fingerprint density at radius 3 is 1.41 bits per heavy atom. The molecule has 0 spiro atoms. The molecule has 0 aliphatic carbocycles. The van der Waals surface area contributed by atoms with Gasteiger partial charge in [-0.15, -0.1) is 11.5 Å². The second-order valence-electron chi connectivity index (χ2n) is 4.06. The van der Waals surface area contributed by atoms with E-state index < -0.39 is 23.5 Å². The molecule has 0 heterocycles. The number of rotatable bonds is 9. The van der Waals surface area contributed by atoms with Gasteiger partial charge >= 0.3 is 71.1 Å². The molecule has 0 saturated heterocycles. The molecular weight excluding hydrogens is 310 g/mol. The molecule has 0 N–H and O–H groups in total. The van der Waals surface area contributed by atoms with Crippen LogP contribution in [0.5, 0.6) is 0 Å². The molecule has 22 heavy (non-hydrogen) atoms. The van der Waals surface area contributed by atoms with Gasteiger partial charge in [-0.3, -0.25) is 0 Å². The average Bonchev–Trinajstić information content (AvgIpc) is 2.39. The van der Waals surface area contributed by atoms with Crippen LogP contribution in [0.15, 0.2) is 23.7 Å². The smallest absolute Gasteiger partial charge is 0.873 e. The number of unbranched alkanes of at least 4 members (excludes halogenated alkanes) is 2. The Hall–Kier alpha value is 0.0200. The first-order valence-corrected chi connectivity index (χ1v) is 6.62. The quantitative estimate of drug-likeness (QED) is 0.104. The standard InChI is InChI=1S/C14H22O6.2Na/c1-3-5-7-19-13(17)9-11(15)12(16)10-14(18)20-8-6-4-2;;/h9-10,15-16H,3-8H2,1-2H3;;/q;2*+1/p-2. The fourth-order valence-electron chi connectivity index (χ4n) is 1.07. The number of carbonyl (C=O) groups is 2. The Labute approximate surface area is 175 Å². The fraction of sp³-hybridized carbons (Fsp3) is 0.571. The predicted molar refractivity (Wildman–Crippen MR) is 67.9 cm³/mol. The van der Waals surface area contributed by atoms with Gasteiger partial charge in [0.2, 0.25) is 0 Å². The van der Waals surface area contributed by atoms with Gasteiger partial charge in [0.25, 0.3) is 0 Å². The summed E-state index contributed by atoms with van der Waals surface area (Å²) in [7, 11) is 0. The minimum atomic E-state index is -1.10. The molecule has 0 saturated carbocycles. The van der Waals surface area contributed by atoms with Crippen LogP contribution in [0.4, 0.5) is 0 Å². The van der Waals surface area contributed by atoms with Crippen molar-refractivity contribution in [3.8, 4) is 0 Å². The van der Waals surface area contributed by atoms with E-state index in [4.69, 9.17) is 9.47 Å². The van der Waals surface area contributed by atoms with Gasteiger partial charge in [-0.05, 0) is 12.8 Å². The zero-order valence-electron chi connectivity index (χ0n) is 13.8. The topological polar surface area (TPSA) is 98.7 Å². The predicted octanol–water partition coefficient (Wildman–Crippen LogP) is -5.83. The molecule has 0 amide bonds. The van der Waals surface area contributed by atoms with Crippen molar-refractivity contribution in [2.45, 2.75) is 39.5 Å². The van der Waals surface area contributed by atoms with Crippen LogP contribution in [0.1, 0.15) is 39.5 Å². The Morgan fingerprint density at radius 2 is 1.14 bits per heavy atom. The molecule has 6 nitrogen and oxygen atoms in total. The second-order valence-corrected chi connectivity index (χ2v) is 4.06. The summed E-state index contributed by atoms with van der Waals surface area (Å²) in [6.07, 6.45) is 4.12.